The smallest absolute Gasteiger partial charge is 0.332 e. The van der Waals surface area contributed by atoms with E-state index in [-0.39, 0.29) is 23.0 Å². The number of piperidine rings is 1. The van der Waals surface area contributed by atoms with Gasteiger partial charge >= 0.3 is 5.69 Å². The number of aromatic nitrogens is 3. The first-order valence-electron chi connectivity index (χ1n) is 10.1. The summed E-state index contributed by atoms with van der Waals surface area (Å²) in [4.78, 5) is 43.8. The Kier molecular flexibility index (Phi) is 5.50. The molecule has 1 amide bonds. The molecule has 0 spiro atoms. The highest BCUT2D eigenvalue weighted by Gasteiger charge is 2.22. The summed E-state index contributed by atoms with van der Waals surface area (Å²) in [6.45, 7) is 2.75. The maximum atomic E-state index is 12.7. The number of rotatable bonds is 4. The first-order valence-corrected chi connectivity index (χ1v) is 10.1. The van der Waals surface area contributed by atoms with Crippen molar-refractivity contribution in [2.75, 3.05) is 13.1 Å². The Bertz CT molecular complexity index is 1190. The third-order valence-electron chi connectivity index (χ3n) is 5.73. The molecule has 8 nitrogen and oxygen atoms in total. The third kappa shape index (κ3) is 3.91. The zero-order valence-electron chi connectivity index (χ0n) is 17.2. The molecule has 2 aromatic heterocycles. The molecule has 156 valence electrons. The van der Waals surface area contributed by atoms with Crippen LogP contribution in [0.4, 0.5) is 0 Å². The summed E-state index contributed by atoms with van der Waals surface area (Å²) in [6.07, 6.45) is 3.16. The molecule has 1 aromatic carbocycles. The van der Waals surface area contributed by atoms with Crippen LogP contribution in [-0.4, -0.2) is 44.1 Å². The van der Waals surface area contributed by atoms with Crippen LogP contribution < -0.4 is 16.6 Å². The summed E-state index contributed by atoms with van der Waals surface area (Å²) < 4.78 is 2.33. The molecule has 0 radical (unpaired) electrons. The van der Waals surface area contributed by atoms with Crippen LogP contribution in [0.1, 0.15) is 28.8 Å². The predicted octanol–water partition coefficient (Wildman–Crippen LogP) is 1.03. The van der Waals surface area contributed by atoms with Gasteiger partial charge in [0.15, 0.2) is 0 Å². The number of hydrogen-bond donors (Lipinski definition) is 1. The Morgan fingerprint density at radius 1 is 1.10 bits per heavy atom. The molecule has 30 heavy (non-hydrogen) atoms. The number of aryl methyl sites for hydroxylation is 1. The number of nitrogens with zero attached hydrogens (tertiary/aromatic N) is 4. The Labute approximate surface area is 173 Å². The minimum atomic E-state index is -0.454. The van der Waals surface area contributed by atoms with Crippen molar-refractivity contribution in [2.45, 2.75) is 25.4 Å². The molecule has 4 rings (SSSR count). The quantitative estimate of drug-likeness (QED) is 0.698. The van der Waals surface area contributed by atoms with Gasteiger partial charge in [0.25, 0.3) is 11.5 Å². The van der Waals surface area contributed by atoms with Crippen molar-refractivity contribution in [3.8, 4) is 0 Å². The van der Waals surface area contributed by atoms with Crippen LogP contribution in [0.25, 0.3) is 11.0 Å². The van der Waals surface area contributed by atoms with Crippen LogP contribution in [0.15, 0.2) is 52.2 Å². The van der Waals surface area contributed by atoms with Gasteiger partial charge in [-0.1, -0.05) is 30.3 Å². The van der Waals surface area contributed by atoms with Crippen molar-refractivity contribution >= 4 is 16.9 Å². The number of hydrogen-bond acceptors (Lipinski definition) is 5. The fourth-order valence-corrected chi connectivity index (χ4v) is 3.94. The lowest BCUT2D eigenvalue weighted by Gasteiger charge is -2.32. The molecule has 0 bridgehead atoms. The van der Waals surface area contributed by atoms with Crippen LogP contribution in [0.2, 0.25) is 0 Å². The van der Waals surface area contributed by atoms with E-state index in [1.165, 1.54) is 29.4 Å². The third-order valence-corrected chi connectivity index (χ3v) is 5.73. The lowest BCUT2D eigenvalue weighted by Crippen LogP contribution is -2.44. The molecule has 1 fully saturated rings. The summed E-state index contributed by atoms with van der Waals surface area (Å²) in [7, 11) is 2.97. The maximum absolute atomic E-state index is 12.7. The molecule has 1 saturated heterocycles. The largest absolute Gasteiger partial charge is 0.349 e. The normalized spacial score (nSPS) is 15.4. The van der Waals surface area contributed by atoms with Crippen molar-refractivity contribution in [3.63, 3.8) is 0 Å². The topological polar surface area (TPSA) is 89.2 Å². The number of amides is 1. The van der Waals surface area contributed by atoms with E-state index in [2.05, 4.69) is 27.3 Å². The Morgan fingerprint density at radius 2 is 1.80 bits per heavy atom. The molecule has 1 aliphatic rings. The van der Waals surface area contributed by atoms with Gasteiger partial charge in [-0.05, 0) is 24.5 Å². The molecule has 8 heteroatoms. The molecular formula is C22H25N5O3. The molecule has 1 aliphatic heterocycles. The summed E-state index contributed by atoms with van der Waals surface area (Å²) in [5.74, 6) is -0.248. The van der Waals surface area contributed by atoms with Crippen LogP contribution in [0.5, 0.6) is 0 Å². The summed E-state index contributed by atoms with van der Waals surface area (Å²) in [5, 5.41) is 3.32. The van der Waals surface area contributed by atoms with Crippen LogP contribution in [0.3, 0.4) is 0 Å². The number of carbonyl (C=O) groups excluding carboxylic acids is 1. The predicted molar refractivity (Wildman–Crippen MR) is 114 cm³/mol. The van der Waals surface area contributed by atoms with Crippen molar-refractivity contribution in [1.82, 2.24) is 24.3 Å². The van der Waals surface area contributed by atoms with Crippen molar-refractivity contribution < 1.29 is 4.79 Å². The molecule has 0 unspecified atom stereocenters. The van der Waals surface area contributed by atoms with E-state index in [4.69, 9.17) is 0 Å². The summed E-state index contributed by atoms with van der Waals surface area (Å²) in [5.41, 5.74) is 0.987. The molecule has 3 heterocycles. The fourth-order valence-electron chi connectivity index (χ4n) is 3.94. The molecule has 0 aliphatic carbocycles. The monoisotopic (exact) mass is 407 g/mol. The minimum absolute atomic E-state index is 0.0863. The van der Waals surface area contributed by atoms with Crippen molar-refractivity contribution in [1.29, 1.82) is 0 Å². The molecular weight excluding hydrogens is 382 g/mol. The van der Waals surface area contributed by atoms with E-state index in [1.54, 1.807) is 7.05 Å². The van der Waals surface area contributed by atoms with E-state index in [1.807, 2.05) is 18.2 Å². The van der Waals surface area contributed by atoms with E-state index in [0.717, 1.165) is 37.0 Å². The van der Waals surface area contributed by atoms with E-state index < -0.39 is 11.2 Å². The lowest BCUT2D eigenvalue weighted by molar-refractivity contribution is 0.0908. The number of nitrogens with one attached hydrogen (secondary N) is 1. The van der Waals surface area contributed by atoms with Gasteiger partial charge in [0, 0.05) is 46.0 Å². The van der Waals surface area contributed by atoms with E-state index in [0.29, 0.717) is 5.56 Å². The van der Waals surface area contributed by atoms with Crippen LogP contribution >= 0.6 is 0 Å². The molecule has 3 aromatic rings. The van der Waals surface area contributed by atoms with Gasteiger partial charge in [-0.25, -0.2) is 9.78 Å². The standard InChI is InChI=1S/C22H25N5O3/c1-25-19-18(21(29)26(2)22(25)30)12-16(13-23-19)20(28)24-17-8-10-27(11-9-17)14-15-6-4-3-5-7-15/h3-7,12-13,17H,8-11,14H2,1-2H3,(H,24,28). The number of carbonyl (C=O) groups is 1. The molecule has 0 atom stereocenters. The van der Waals surface area contributed by atoms with Crippen LogP contribution in [0, 0.1) is 0 Å². The highest BCUT2D eigenvalue weighted by atomic mass is 16.2. The average molecular weight is 407 g/mol. The van der Waals surface area contributed by atoms with E-state index in [9.17, 15) is 14.4 Å². The summed E-state index contributed by atoms with van der Waals surface area (Å²) in [6, 6.07) is 12.0. The van der Waals surface area contributed by atoms with Gasteiger partial charge in [0.05, 0.1) is 10.9 Å². The van der Waals surface area contributed by atoms with Gasteiger partial charge in [0.2, 0.25) is 0 Å². The first-order chi connectivity index (χ1) is 14.4. The van der Waals surface area contributed by atoms with Gasteiger partial charge in [0.1, 0.15) is 5.65 Å². The van der Waals surface area contributed by atoms with Crippen molar-refractivity contribution in [3.05, 3.63) is 74.6 Å². The summed E-state index contributed by atoms with van der Waals surface area (Å²) >= 11 is 0. The Morgan fingerprint density at radius 3 is 2.50 bits per heavy atom. The number of benzene rings is 1. The minimum Gasteiger partial charge on any atom is -0.349 e. The molecule has 0 saturated carbocycles. The van der Waals surface area contributed by atoms with Gasteiger partial charge in [-0.3, -0.25) is 23.6 Å². The van der Waals surface area contributed by atoms with E-state index >= 15 is 0 Å². The number of fused-ring (bicyclic) bond motifs is 1. The average Bonchev–Trinajstić information content (AvgIpc) is 2.78. The van der Waals surface area contributed by atoms with Gasteiger partial charge < -0.3 is 5.32 Å². The van der Waals surface area contributed by atoms with Crippen molar-refractivity contribution in [2.24, 2.45) is 14.1 Å². The second-order valence-corrected chi connectivity index (χ2v) is 7.81. The van der Waals surface area contributed by atoms with Crippen LogP contribution in [-0.2, 0) is 20.6 Å². The Hall–Kier alpha value is -3.26. The highest BCUT2D eigenvalue weighted by Crippen LogP contribution is 2.15. The number of pyridine rings is 1. The Balaban J connectivity index is 1.43. The molecule has 1 N–H and O–H groups in total. The zero-order valence-corrected chi connectivity index (χ0v) is 17.2. The maximum Gasteiger partial charge on any atom is 0.332 e. The first kappa shape index (κ1) is 20.0. The second-order valence-electron chi connectivity index (χ2n) is 7.81. The SMILES string of the molecule is Cn1c(=O)c2cc(C(=O)NC3CCN(Cc4ccccc4)CC3)cnc2n(C)c1=O. The highest BCUT2D eigenvalue weighted by molar-refractivity contribution is 5.96. The second kappa shape index (κ2) is 8.23. The fraction of sp³-hybridized carbons (Fsp3) is 0.364. The van der Waals surface area contributed by atoms with Gasteiger partial charge in [-0.15, -0.1) is 0 Å². The van der Waals surface area contributed by atoms with Gasteiger partial charge in [-0.2, -0.15) is 0 Å². The zero-order chi connectivity index (χ0) is 21.3. The lowest BCUT2D eigenvalue weighted by atomic mass is 10.0. The number of likely N-dealkylation sites (tertiary alicyclic amines) is 1.